The van der Waals surface area contributed by atoms with Gasteiger partial charge in [0.2, 0.25) is 0 Å². The van der Waals surface area contributed by atoms with Crippen LogP contribution in [-0.2, 0) is 11.2 Å². The second-order valence-electron chi connectivity index (χ2n) is 3.69. The van der Waals surface area contributed by atoms with Gasteiger partial charge in [-0.1, -0.05) is 25.5 Å². The zero-order valence-corrected chi connectivity index (χ0v) is 9.99. The van der Waals surface area contributed by atoms with Crippen molar-refractivity contribution in [2.75, 3.05) is 25.3 Å². The van der Waals surface area contributed by atoms with Crippen LogP contribution in [0.4, 0.5) is 5.69 Å². The molecular formula is C13H21NO. The normalized spacial score (nSPS) is 10.3. The lowest BCUT2D eigenvalue weighted by molar-refractivity contribution is 0.198. The highest BCUT2D eigenvalue weighted by Gasteiger charge is 2.02. The zero-order valence-electron chi connectivity index (χ0n) is 9.99. The summed E-state index contributed by atoms with van der Waals surface area (Å²) in [4.78, 5) is 2.20. The summed E-state index contributed by atoms with van der Waals surface area (Å²) in [7, 11) is 1.73. The number of rotatable bonds is 6. The molecule has 0 atom stereocenters. The third-order valence-corrected chi connectivity index (χ3v) is 2.51. The Kier molecular flexibility index (Phi) is 5.19. The smallest absolute Gasteiger partial charge is 0.118 e. The number of anilines is 1. The molecule has 0 saturated heterocycles. The fourth-order valence-corrected chi connectivity index (χ4v) is 1.67. The number of benzene rings is 1. The van der Waals surface area contributed by atoms with E-state index in [1.54, 1.807) is 7.11 Å². The van der Waals surface area contributed by atoms with Crippen LogP contribution in [0.2, 0.25) is 0 Å². The average Bonchev–Trinajstić information content (AvgIpc) is 2.28. The summed E-state index contributed by atoms with van der Waals surface area (Å²) in [5.74, 6) is 0. The van der Waals surface area contributed by atoms with Gasteiger partial charge >= 0.3 is 0 Å². The van der Waals surface area contributed by atoms with Crippen molar-refractivity contribution in [1.29, 1.82) is 0 Å². The van der Waals surface area contributed by atoms with E-state index in [2.05, 4.69) is 43.0 Å². The Hall–Kier alpha value is -1.02. The molecule has 84 valence electrons. The van der Waals surface area contributed by atoms with Crippen LogP contribution < -0.4 is 4.90 Å². The molecule has 0 aliphatic rings. The number of hydrogen-bond acceptors (Lipinski definition) is 2. The molecule has 0 radical (unpaired) electrons. The van der Waals surface area contributed by atoms with Crippen LogP contribution in [0, 0.1) is 0 Å². The van der Waals surface area contributed by atoms with Crippen molar-refractivity contribution in [2.45, 2.75) is 26.7 Å². The lowest BCUT2D eigenvalue weighted by atomic mass is 10.1. The molecule has 1 rings (SSSR count). The van der Waals surface area contributed by atoms with Gasteiger partial charge in [-0.3, -0.25) is 0 Å². The Morgan fingerprint density at radius 3 is 2.27 bits per heavy atom. The van der Waals surface area contributed by atoms with Crippen LogP contribution in [0.5, 0.6) is 0 Å². The molecule has 0 unspecified atom stereocenters. The fourth-order valence-electron chi connectivity index (χ4n) is 1.67. The molecule has 0 heterocycles. The highest BCUT2D eigenvalue weighted by Crippen LogP contribution is 2.15. The zero-order chi connectivity index (χ0) is 11.1. The number of ether oxygens (including phenoxy) is 1. The van der Waals surface area contributed by atoms with Gasteiger partial charge in [0, 0.05) is 19.3 Å². The van der Waals surface area contributed by atoms with E-state index in [0.717, 1.165) is 13.0 Å². The Morgan fingerprint density at radius 1 is 1.13 bits per heavy atom. The van der Waals surface area contributed by atoms with Crippen molar-refractivity contribution in [1.82, 2.24) is 0 Å². The first-order valence-electron chi connectivity index (χ1n) is 5.64. The van der Waals surface area contributed by atoms with E-state index in [1.165, 1.54) is 17.7 Å². The third kappa shape index (κ3) is 3.56. The first kappa shape index (κ1) is 12.1. The van der Waals surface area contributed by atoms with Crippen molar-refractivity contribution >= 4 is 5.69 Å². The SMILES string of the molecule is CCCc1ccc(N(CC)COC)cc1. The molecule has 0 aliphatic heterocycles. The van der Waals surface area contributed by atoms with Gasteiger partial charge in [-0.25, -0.2) is 0 Å². The van der Waals surface area contributed by atoms with Gasteiger partial charge in [0.25, 0.3) is 0 Å². The van der Waals surface area contributed by atoms with Crippen LogP contribution in [0.25, 0.3) is 0 Å². The minimum Gasteiger partial charge on any atom is -0.364 e. The van der Waals surface area contributed by atoms with Crippen LogP contribution in [0.1, 0.15) is 25.8 Å². The van der Waals surface area contributed by atoms with E-state index < -0.39 is 0 Å². The van der Waals surface area contributed by atoms with Gasteiger partial charge in [-0.05, 0) is 31.0 Å². The number of nitrogens with zero attached hydrogens (tertiary/aromatic N) is 1. The van der Waals surface area contributed by atoms with Gasteiger partial charge in [-0.2, -0.15) is 0 Å². The summed E-state index contributed by atoms with van der Waals surface area (Å²) >= 11 is 0. The van der Waals surface area contributed by atoms with Gasteiger partial charge in [0.05, 0.1) is 0 Å². The van der Waals surface area contributed by atoms with Crippen molar-refractivity contribution in [3.05, 3.63) is 29.8 Å². The monoisotopic (exact) mass is 207 g/mol. The highest BCUT2D eigenvalue weighted by molar-refractivity contribution is 5.47. The number of methoxy groups -OCH3 is 1. The predicted octanol–water partition coefficient (Wildman–Crippen LogP) is 3.07. The van der Waals surface area contributed by atoms with Crippen molar-refractivity contribution < 1.29 is 4.74 Å². The maximum atomic E-state index is 5.15. The Balaban J connectivity index is 2.68. The minimum atomic E-state index is 0.656. The molecule has 0 bridgehead atoms. The molecule has 1 aromatic rings. The second kappa shape index (κ2) is 6.46. The summed E-state index contributed by atoms with van der Waals surface area (Å²) in [5.41, 5.74) is 2.65. The number of hydrogen-bond donors (Lipinski definition) is 0. The van der Waals surface area contributed by atoms with Crippen molar-refractivity contribution in [3.63, 3.8) is 0 Å². The summed E-state index contributed by atoms with van der Waals surface area (Å²) in [6.45, 7) is 5.97. The van der Waals surface area contributed by atoms with Gasteiger partial charge in [-0.15, -0.1) is 0 Å². The molecule has 0 amide bonds. The average molecular weight is 207 g/mol. The van der Waals surface area contributed by atoms with Crippen LogP contribution >= 0.6 is 0 Å². The van der Waals surface area contributed by atoms with E-state index in [0.29, 0.717) is 6.73 Å². The van der Waals surface area contributed by atoms with Gasteiger partial charge in [0.15, 0.2) is 0 Å². The molecule has 2 nitrogen and oxygen atoms in total. The Bertz CT molecular complexity index is 268. The van der Waals surface area contributed by atoms with Crippen LogP contribution in [-0.4, -0.2) is 20.4 Å². The fraction of sp³-hybridized carbons (Fsp3) is 0.538. The third-order valence-electron chi connectivity index (χ3n) is 2.51. The summed E-state index contributed by atoms with van der Waals surface area (Å²) in [6.07, 6.45) is 2.37. The molecule has 0 aliphatic carbocycles. The molecule has 0 N–H and O–H groups in total. The van der Waals surface area contributed by atoms with E-state index in [9.17, 15) is 0 Å². The van der Waals surface area contributed by atoms with Crippen molar-refractivity contribution in [2.24, 2.45) is 0 Å². The maximum absolute atomic E-state index is 5.15. The largest absolute Gasteiger partial charge is 0.364 e. The topological polar surface area (TPSA) is 12.5 Å². The molecule has 1 aromatic carbocycles. The summed E-state index contributed by atoms with van der Waals surface area (Å²) in [5, 5.41) is 0. The molecule has 0 saturated carbocycles. The number of aryl methyl sites for hydroxylation is 1. The summed E-state index contributed by atoms with van der Waals surface area (Å²) in [6, 6.07) is 8.76. The van der Waals surface area contributed by atoms with Crippen molar-refractivity contribution in [3.8, 4) is 0 Å². The highest BCUT2D eigenvalue weighted by atomic mass is 16.5. The maximum Gasteiger partial charge on any atom is 0.118 e. The first-order chi connectivity index (χ1) is 7.31. The lowest BCUT2D eigenvalue weighted by Crippen LogP contribution is -2.24. The molecule has 15 heavy (non-hydrogen) atoms. The van der Waals surface area contributed by atoms with E-state index in [1.807, 2.05) is 0 Å². The van der Waals surface area contributed by atoms with E-state index >= 15 is 0 Å². The van der Waals surface area contributed by atoms with Crippen LogP contribution in [0.15, 0.2) is 24.3 Å². The molecule has 0 aromatic heterocycles. The van der Waals surface area contributed by atoms with Gasteiger partial charge < -0.3 is 9.64 Å². The predicted molar refractivity (Wildman–Crippen MR) is 65.3 cm³/mol. The Morgan fingerprint density at radius 2 is 1.80 bits per heavy atom. The molecular weight excluding hydrogens is 186 g/mol. The van der Waals surface area contributed by atoms with E-state index in [4.69, 9.17) is 4.74 Å². The minimum absolute atomic E-state index is 0.656. The molecule has 0 spiro atoms. The standard InChI is InChI=1S/C13H21NO/c1-4-6-12-7-9-13(10-8-12)14(5-2)11-15-3/h7-10H,4-6,11H2,1-3H3. The quantitative estimate of drug-likeness (QED) is 0.665. The molecule has 0 fully saturated rings. The van der Waals surface area contributed by atoms with E-state index in [-0.39, 0.29) is 0 Å². The lowest BCUT2D eigenvalue weighted by Gasteiger charge is -2.22. The van der Waals surface area contributed by atoms with Crippen LogP contribution in [0.3, 0.4) is 0 Å². The second-order valence-corrected chi connectivity index (χ2v) is 3.69. The first-order valence-corrected chi connectivity index (χ1v) is 5.64. The molecule has 2 heteroatoms. The van der Waals surface area contributed by atoms with Gasteiger partial charge in [0.1, 0.15) is 6.73 Å². The summed E-state index contributed by atoms with van der Waals surface area (Å²) < 4.78 is 5.15. The Labute approximate surface area is 92.9 Å².